The van der Waals surface area contributed by atoms with Gasteiger partial charge in [-0.25, -0.2) is 0 Å². The molecule has 2 fully saturated rings. The second kappa shape index (κ2) is 6.27. The molecule has 0 heterocycles. The Morgan fingerprint density at radius 2 is 1.94 bits per heavy atom. The molecule has 0 saturated heterocycles. The van der Waals surface area contributed by atoms with Crippen molar-refractivity contribution in [3.8, 4) is 0 Å². The molecule has 0 aromatic carbocycles. The van der Waals surface area contributed by atoms with E-state index in [1.807, 2.05) is 0 Å². The monoisotopic (exact) mass is 271 g/mol. The maximum Gasteiger partial charge on any atom is 0.223 e. The van der Waals surface area contributed by atoms with E-state index >= 15 is 0 Å². The topological polar surface area (TPSA) is 29.1 Å². The molecule has 0 aromatic heterocycles. The van der Waals surface area contributed by atoms with Crippen LogP contribution in [0.2, 0.25) is 0 Å². The predicted octanol–water partition coefficient (Wildman–Crippen LogP) is 3.87. The predicted molar refractivity (Wildman–Crippen MR) is 75.8 cm³/mol. The highest BCUT2D eigenvalue weighted by molar-refractivity contribution is 6.19. The summed E-state index contributed by atoms with van der Waals surface area (Å²) < 4.78 is 0. The van der Waals surface area contributed by atoms with Gasteiger partial charge in [-0.1, -0.05) is 26.2 Å². The molecule has 1 amide bonds. The smallest absolute Gasteiger partial charge is 0.223 e. The second-order valence-corrected chi connectivity index (χ2v) is 6.53. The number of hydrogen-bond acceptors (Lipinski definition) is 1. The molecule has 2 aliphatic carbocycles. The van der Waals surface area contributed by atoms with E-state index < -0.39 is 0 Å². The van der Waals surface area contributed by atoms with E-state index in [4.69, 9.17) is 11.6 Å². The summed E-state index contributed by atoms with van der Waals surface area (Å²) >= 11 is 5.90. The van der Waals surface area contributed by atoms with Crippen molar-refractivity contribution in [1.82, 2.24) is 5.32 Å². The Kier molecular flexibility index (Phi) is 4.94. The van der Waals surface area contributed by atoms with Gasteiger partial charge in [0.15, 0.2) is 0 Å². The van der Waals surface area contributed by atoms with E-state index in [2.05, 4.69) is 12.2 Å². The van der Waals surface area contributed by atoms with Gasteiger partial charge >= 0.3 is 0 Å². The summed E-state index contributed by atoms with van der Waals surface area (Å²) in [6.07, 6.45) is 10.8. The van der Waals surface area contributed by atoms with Crippen LogP contribution in [0.1, 0.15) is 64.7 Å². The standard InChI is InChI=1S/C15H26ClNO/c1-2-3-4-12-5-7-13(8-6-12)14(18)17-15(11-16)9-10-15/h12-13H,2-11H2,1H3,(H,17,18). The Hall–Kier alpha value is -0.240. The van der Waals surface area contributed by atoms with Crippen molar-refractivity contribution in [2.75, 3.05) is 5.88 Å². The maximum atomic E-state index is 12.2. The van der Waals surface area contributed by atoms with Crippen LogP contribution in [-0.4, -0.2) is 17.3 Å². The molecule has 0 bridgehead atoms. The summed E-state index contributed by atoms with van der Waals surface area (Å²) in [5, 5.41) is 3.17. The van der Waals surface area contributed by atoms with Crippen molar-refractivity contribution < 1.29 is 4.79 Å². The van der Waals surface area contributed by atoms with Gasteiger partial charge in [-0.15, -0.1) is 11.6 Å². The number of unbranched alkanes of at least 4 members (excludes halogenated alkanes) is 1. The molecule has 2 aliphatic rings. The lowest BCUT2D eigenvalue weighted by Gasteiger charge is -2.29. The summed E-state index contributed by atoms with van der Waals surface area (Å²) in [6, 6.07) is 0. The minimum absolute atomic E-state index is 0.0301. The quantitative estimate of drug-likeness (QED) is 0.730. The van der Waals surface area contributed by atoms with E-state index in [0.29, 0.717) is 5.88 Å². The first kappa shape index (κ1) is 14.2. The summed E-state index contributed by atoms with van der Waals surface area (Å²) in [6.45, 7) is 2.25. The first-order valence-corrected chi connectivity index (χ1v) is 8.10. The first-order chi connectivity index (χ1) is 8.69. The fourth-order valence-corrected chi connectivity index (χ4v) is 3.35. The van der Waals surface area contributed by atoms with Crippen LogP contribution >= 0.6 is 11.6 Å². The van der Waals surface area contributed by atoms with Crippen LogP contribution in [0.5, 0.6) is 0 Å². The van der Waals surface area contributed by atoms with Crippen molar-refractivity contribution in [3.63, 3.8) is 0 Å². The van der Waals surface area contributed by atoms with Crippen molar-refractivity contribution in [2.45, 2.75) is 70.3 Å². The lowest BCUT2D eigenvalue weighted by molar-refractivity contribution is -0.127. The van der Waals surface area contributed by atoms with Gasteiger partial charge in [0.2, 0.25) is 5.91 Å². The molecular weight excluding hydrogens is 246 g/mol. The molecule has 2 rings (SSSR count). The van der Waals surface area contributed by atoms with E-state index in [1.165, 1.54) is 32.1 Å². The molecule has 0 aliphatic heterocycles. The van der Waals surface area contributed by atoms with Gasteiger partial charge < -0.3 is 5.32 Å². The lowest BCUT2D eigenvalue weighted by Crippen LogP contribution is -2.42. The Morgan fingerprint density at radius 3 is 2.44 bits per heavy atom. The zero-order chi connectivity index (χ0) is 13.0. The van der Waals surface area contributed by atoms with E-state index in [-0.39, 0.29) is 17.4 Å². The molecule has 0 atom stereocenters. The number of amides is 1. The zero-order valence-corrected chi connectivity index (χ0v) is 12.3. The minimum Gasteiger partial charge on any atom is -0.349 e. The highest BCUT2D eigenvalue weighted by Gasteiger charge is 2.44. The van der Waals surface area contributed by atoms with Gasteiger partial charge in [0.25, 0.3) is 0 Å². The van der Waals surface area contributed by atoms with Crippen LogP contribution in [0, 0.1) is 11.8 Å². The highest BCUT2D eigenvalue weighted by Crippen LogP contribution is 2.38. The highest BCUT2D eigenvalue weighted by atomic mass is 35.5. The molecule has 0 spiro atoms. The number of carbonyl (C=O) groups is 1. The van der Waals surface area contributed by atoms with Gasteiger partial charge in [-0.05, 0) is 44.4 Å². The SMILES string of the molecule is CCCCC1CCC(C(=O)NC2(CCl)CC2)CC1. The molecule has 0 aromatic rings. The van der Waals surface area contributed by atoms with Crippen LogP contribution in [0.4, 0.5) is 0 Å². The zero-order valence-electron chi connectivity index (χ0n) is 11.5. The van der Waals surface area contributed by atoms with Crippen LogP contribution in [0.3, 0.4) is 0 Å². The Bertz CT molecular complexity index is 280. The van der Waals surface area contributed by atoms with Crippen LogP contribution in [0.15, 0.2) is 0 Å². The summed E-state index contributed by atoms with van der Waals surface area (Å²) in [5.74, 6) is 1.97. The number of halogens is 1. The fourth-order valence-electron chi connectivity index (χ4n) is 3.01. The molecule has 1 N–H and O–H groups in total. The Morgan fingerprint density at radius 1 is 1.28 bits per heavy atom. The molecule has 3 heteroatoms. The number of carbonyl (C=O) groups excluding carboxylic acids is 1. The molecular formula is C15H26ClNO. The molecule has 18 heavy (non-hydrogen) atoms. The van der Waals surface area contributed by atoms with Gasteiger partial charge in [-0.2, -0.15) is 0 Å². The third kappa shape index (κ3) is 3.63. The summed E-state index contributed by atoms with van der Waals surface area (Å²) in [5.41, 5.74) is -0.0301. The number of alkyl halides is 1. The van der Waals surface area contributed by atoms with Gasteiger partial charge in [-0.3, -0.25) is 4.79 Å². The molecule has 0 radical (unpaired) electrons. The van der Waals surface area contributed by atoms with E-state index in [0.717, 1.165) is 31.6 Å². The Balaban J connectivity index is 1.70. The lowest BCUT2D eigenvalue weighted by atomic mass is 9.79. The maximum absolute atomic E-state index is 12.2. The van der Waals surface area contributed by atoms with E-state index in [1.54, 1.807) is 0 Å². The first-order valence-electron chi connectivity index (χ1n) is 7.57. The molecule has 2 nitrogen and oxygen atoms in total. The third-order valence-electron chi connectivity index (χ3n) is 4.68. The van der Waals surface area contributed by atoms with Crippen molar-refractivity contribution in [2.24, 2.45) is 11.8 Å². The van der Waals surface area contributed by atoms with E-state index in [9.17, 15) is 4.79 Å². The number of hydrogen-bond donors (Lipinski definition) is 1. The largest absolute Gasteiger partial charge is 0.349 e. The third-order valence-corrected chi connectivity index (χ3v) is 5.19. The number of nitrogens with one attached hydrogen (secondary N) is 1. The molecule has 2 saturated carbocycles. The second-order valence-electron chi connectivity index (χ2n) is 6.26. The van der Waals surface area contributed by atoms with Gasteiger partial charge in [0.1, 0.15) is 0 Å². The Labute approximate surface area is 116 Å². The average Bonchev–Trinajstić information content (AvgIpc) is 3.17. The summed E-state index contributed by atoms with van der Waals surface area (Å²) in [7, 11) is 0. The average molecular weight is 272 g/mol. The van der Waals surface area contributed by atoms with Crippen LogP contribution < -0.4 is 5.32 Å². The fraction of sp³-hybridized carbons (Fsp3) is 0.933. The normalized spacial score (nSPS) is 29.9. The minimum atomic E-state index is -0.0301. The molecule has 104 valence electrons. The van der Waals surface area contributed by atoms with Crippen molar-refractivity contribution in [3.05, 3.63) is 0 Å². The van der Waals surface area contributed by atoms with Crippen molar-refractivity contribution in [1.29, 1.82) is 0 Å². The van der Waals surface area contributed by atoms with Crippen molar-refractivity contribution >= 4 is 17.5 Å². The van der Waals surface area contributed by atoms with Gasteiger partial charge in [0, 0.05) is 11.8 Å². The number of rotatable bonds is 6. The van der Waals surface area contributed by atoms with Crippen LogP contribution in [0.25, 0.3) is 0 Å². The van der Waals surface area contributed by atoms with Gasteiger partial charge in [0.05, 0.1) is 5.54 Å². The van der Waals surface area contributed by atoms with Crippen LogP contribution in [-0.2, 0) is 4.79 Å². The molecule has 0 unspecified atom stereocenters. The summed E-state index contributed by atoms with van der Waals surface area (Å²) in [4.78, 5) is 12.2.